The molecule has 1 aromatic heterocycles. The van der Waals surface area contributed by atoms with Crippen LogP contribution in [0.2, 0.25) is 5.02 Å². The normalized spacial score (nSPS) is 10.5. The molecule has 0 aliphatic rings. The number of benzene rings is 1. The Balaban J connectivity index is 2.28. The third kappa shape index (κ3) is 3.65. The first-order valence-corrected chi connectivity index (χ1v) is 7.27. The van der Waals surface area contributed by atoms with Crippen LogP contribution in [0.3, 0.4) is 0 Å². The molecule has 1 heterocycles. The summed E-state index contributed by atoms with van der Waals surface area (Å²) in [5.41, 5.74) is 1.99. The number of para-hydroxylation sites is 2. The fraction of sp³-hybridized carbons (Fsp3) is 0.312. The van der Waals surface area contributed by atoms with Crippen LogP contribution in [-0.2, 0) is 6.54 Å². The summed E-state index contributed by atoms with van der Waals surface area (Å²) in [5.74, 6) is 1.50. The lowest BCUT2D eigenvalue weighted by Gasteiger charge is -2.22. The fourth-order valence-corrected chi connectivity index (χ4v) is 2.42. The van der Waals surface area contributed by atoms with Gasteiger partial charge in [0.05, 0.1) is 17.8 Å². The van der Waals surface area contributed by atoms with E-state index in [2.05, 4.69) is 17.2 Å². The number of rotatable bonds is 6. The van der Waals surface area contributed by atoms with Gasteiger partial charge in [-0.05, 0) is 30.3 Å². The number of aromatic nitrogens is 1. The molecule has 0 aliphatic carbocycles. The smallest absolute Gasteiger partial charge is 0.151 e. The Labute approximate surface area is 130 Å². The van der Waals surface area contributed by atoms with Gasteiger partial charge in [-0.1, -0.05) is 30.7 Å². The molecule has 0 atom stereocenters. The van der Waals surface area contributed by atoms with E-state index in [1.807, 2.05) is 48.5 Å². The molecule has 112 valence electrons. The lowest BCUT2D eigenvalue weighted by atomic mass is 10.2. The summed E-state index contributed by atoms with van der Waals surface area (Å²) in [6.45, 7) is 3.75. The molecule has 0 amide bonds. The molecule has 0 unspecified atom stereocenters. The average Bonchev–Trinajstić information content (AvgIpc) is 2.52. The van der Waals surface area contributed by atoms with Gasteiger partial charge in [-0.15, -0.1) is 0 Å². The second-order valence-corrected chi connectivity index (χ2v) is 5.07. The maximum Gasteiger partial charge on any atom is 0.151 e. The number of methoxy groups -OCH3 is 1. The summed E-state index contributed by atoms with van der Waals surface area (Å²) in [4.78, 5) is 6.41. The Bertz CT molecular complexity index is 604. The summed E-state index contributed by atoms with van der Waals surface area (Å²) in [5, 5.41) is 3.88. The third-order valence-corrected chi connectivity index (χ3v) is 3.50. The van der Waals surface area contributed by atoms with Crippen molar-refractivity contribution in [3.05, 3.63) is 47.1 Å². The van der Waals surface area contributed by atoms with Crippen molar-refractivity contribution in [3.8, 4) is 5.75 Å². The number of pyridine rings is 1. The maximum absolute atomic E-state index is 6.38. The number of halogens is 1. The quantitative estimate of drug-likeness (QED) is 0.884. The molecule has 0 saturated carbocycles. The first kappa shape index (κ1) is 15.6. The highest BCUT2D eigenvalue weighted by Crippen LogP contribution is 2.34. The van der Waals surface area contributed by atoms with Crippen molar-refractivity contribution >= 4 is 23.1 Å². The number of nitrogens with one attached hydrogen (secondary N) is 1. The highest BCUT2D eigenvalue weighted by molar-refractivity contribution is 6.33. The van der Waals surface area contributed by atoms with E-state index < -0.39 is 0 Å². The van der Waals surface area contributed by atoms with Crippen molar-refractivity contribution in [2.24, 2.45) is 0 Å². The van der Waals surface area contributed by atoms with Crippen LogP contribution in [0.15, 0.2) is 36.5 Å². The standard InChI is InChI=1S/C16H20ClN3O/c1-4-18-10-12-9-13(17)16(19-11-12)20(2)14-7-5-6-8-15(14)21-3/h5-9,11,18H,4,10H2,1-3H3. The van der Waals surface area contributed by atoms with Gasteiger partial charge < -0.3 is 15.0 Å². The minimum absolute atomic E-state index is 0.624. The predicted molar refractivity (Wildman–Crippen MR) is 87.7 cm³/mol. The molecule has 0 saturated heterocycles. The van der Waals surface area contributed by atoms with E-state index in [4.69, 9.17) is 16.3 Å². The largest absolute Gasteiger partial charge is 0.495 e. The number of anilines is 2. The molecule has 0 aliphatic heterocycles. The van der Waals surface area contributed by atoms with Crippen LogP contribution in [0.4, 0.5) is 11.5 Å². The lowest BCUT2D eigenvalue weighted by molar-refractivity contribution is 0.415. The minimum atomic E-state index is 0.624. The molecule has 0 radical (unpaired) electrons. The summed E-state index contributed by atoms with van der Waals surface area (Å²) < 4.78 is 5.38. The first-order chi connectivity index (χ1) is 10.2. The van der Waals surface area contributed by atoms with Crippen molar-refractivity contribution in [1.82, 2.24) is 10.3 Å². The molecular formula is C16H20ClN3O. The van der Waals surface area contributed by atoms with Crippen molar-refractivity contribution in [2.45, 2.75) is 13.5 Å². The molecule has 5 heteroatoms. The molecule has 2 rings (SSSR count). The number of hydrogen-bond acceptors (Lipinski definition) is 4. The van der Waals surface area contributed by atoms with E-state index in [9.17, 15) is 0 Å². The van der Waals surface area contributed by atoms with Crippen molar-refractivity contribution in [3.63, 3.8) is 0 Å². The Morgan fingerprint density at radius 2 is 2.10 bits per heavy atom. The van der Waals surface area contributed by atoms with Gasteiger partial charge in [-0.3, -0.25) is 0 Å². The molecule has 0 fully saturated rings. The molecule has 21 heavy (non-hydrogen) atoms. The van der Waals surface area contributed by atoms with Crippen LogP contribution in [0.1, 0.15) is 12.5 Å². The van der Waals surface area contributed by atoms with E-state index >= 15 is 0 Å². The van der Waals surface area contributed by atoms with E-state index in [0.717, 1.165) is 30.1 Å². The summed E-state index contributed by atoms with van der Waals surface area (Å²) in [7, 11) is 3.58. The van der Waals surface area contributed by atoms with Gasteiger partial charge in [0.25, 0.3) is 0 Å². The van der Waals surface area contributed by atoms with Crippen LogP contribution >= 0.6 is 11.6 Å². The summed E-state index contributed by atoms with van der Waals surface area (Å²) in [6.07, 6.45) is 1.84. The van der Waals surface area contributed by atoms with Gasteiger partial charge in [-0.2, -0.15) is 0 Å². The maximum atomic E-state index is 6.38. The number of ether oxygens (including phenoxy) is 1. The Hall–Kier alpha value is -1.78. The van der Waals surface area contributed by atoms with Gasteiger partial charge >= 0.3 is 0 Å². The van der Waals surface area contributed by atoms with Crippen molar-refractivity contribution in [1.29, 1.82) is 0 Å². The molecule has 0 bridgehead atoms. The van der Waals surface area contributed by atoms with E-state index in [-0.39, 0.29) is 0 Å². The predicted octanol–water partition coefficient (Wildman–Crippen LogP) is 3.62. The Morgan fingerprint density at radius 1 is 1.33 bits per heavy atom. The number of nitrogens with zero attached hydrogens (tertiary/aromatic N) is 2. The summed E-state index contributed by atoms with van der Waals surface area (Å²) in [6, 6.07) is 9.73. The molecule has 2 aromatic rings. The number of hydrogen-bond donors (Lipinski definition) is 1. The van der Waals surface area contributed by atoms with Gasteiger partial charge in [-0.25, -0.2) is 4.98 Å². The molecular weight excluding hydrogens is 286 g/mol. The molecule has 1 N–H and O–H groups in total. The van der Waals surface area contributed by atoms with Gasteiger partial charge in [0.15, 0.2) is 5.82 Å². The minimum Gasteiger partial charge on any atom is -0.495 e. The topological polar surface area (TPSA) is 37.4 Å². The zero-order valence-electron chi connectivity index (χ0n) is 12.6. The monoisotopic (exact) mass is 305 g/mol. The van der Waals surface area contributed by atoms with Crippen LogP contribution < -0.4 is 15.0 Å². The second-order valence-electron chi connectivity index (χ2n) is 4.66. The van der Waals surface area contributed by atoms with Crippen LogP contribution in [0, 0.1) is 0 Å². The van der Waals surface area contributed by atoms with Crippen LogP contribution in [0.5, 0.6) is 5.75 Å². The van der Waals surface area contributed by atoms with E-state index in [0.29, 0.717) is 10.8 Å². The molecule has 0 spiro atoms. The Morgan fingerprint density at radius 3 is 2.76 bits per heavy atom. The average molecular weight is 306 g/mol. The zero-order chi connectivity index (χ0) is 15.2. The van der Waals surface area contributed by atoms with E-state index in [1.165, 1.54) is 0 Å². The zero-order valence-corrected chi connectivity index (χ0v) is 13.3. The highest BCUT2D eigenvalue weighted by atomic mass is 35.5. The molecule has 4 nitrogen and oxygen atoms in total. The molecule has 1 aromatic carbocycles. The van der Waals surface area contributed by atoms with Gasteiger partial charge in [0.2, 0.25) is 0 Å². The van der Waals surface area contributed by atoms with E-state index in [1.54, 1.807) is 7.11 Å². The Kier molecular flexibility index (Phi) is 5.42. The van der Waals surface area contributed by atoms with Crippen LogP contribution in [-0.4, -0.2) is 25.7 Å². The second kappa shape index (κ2) is 7.29. The SMILES string of the molecule is CCNCc1cnc(N(C)c2ccccc2OC)c(Cl)c1. The van der Waals surface area contributed by atoms with Crippen molar-refractivity contribution in [2.75, 3.05) is 25.6 Å². The summed E-state index contributed by atoms with van der Waals surface area (Å²) >= 11 is 6.38. The lowest BCUT2D eigenvalue weighted by Crippen LogP contribution is -2.15. The van der Waals surface area contributed by atoms with Crippen LogP contribution in [0.25, 0.3) is 0 Å². The van der Waals surface area contributed by atoms with Gasteiger partial charge in [0, 0.05) is 19.8 Å². The fourth-order valence-electron chi connectivity index (χ4n) is 2.10. The van der Waals surface area contributed by atoms with Crippen molar-refractivity contribution < 1.29 is 4.74 Å². The third-order valence-electron chi connectivity index (χ3n) is 3.22. The van der Waals surface area contributed by atoms with Gasteiger partial charge in [0.1, 0.15) is 5.75 Å². The first-order valence-electron chi connectivity index (χ1n) is 6.89. The highest BCUT2D eigenvalue weighted by Gasteiger charge is 2.14.